The predicted molar refractivity (Wildman–Crippen MR) is 134 cm³/mol. The van der Waals surface area contributed by atoms with Gasteiger partial charge in [-0.1, -0.05) is 30.3 Å². The number of benzene rings is 2. The van der Waals surface area contributed by atoms with E-state index in [0.29, 0.717) is 13.2 Å². The van der Waals surface area contributed by atoms with Crippen LogP contribution < -0.4 is 0 Å². The van der Waals surface area contributed by atoms with E-state index in [0.717, 1.165) is 28.2 Å². The van der Waals surface area contributed by atoms with E-state index in [9.17, 15) is 17.6 Å². The first kappa shape index (κ1) is 25.5. The minimum atomic E-state index is -3.91. The topological polar surface area (TPSA) is 66.9 Å². The molecule has 0 spiro atoms. The molecule has 0 radical (unpaired) electrons. The molecule has 9 heteroatoms. The summed E-state index contributed by atoms with van der Waals surface area (Å²) in [6.45, 7) is 2.99. The van der Waals surface area contributed by atoms with Gasteiger partial charge in [-0.3, -0.25) is 4.79 Å². The van der Waals surface area contributed by atoms with Crippen LogP contribution >= 0.6 is 11.3 Å². The Morgan fingerprint density at radius 3 is 2.43 bits per heavy atom. The zero-order valence-electron chi connectivity index (χ0n) is 19.6. The standard InChI is InChI=1S/C26H29FN2O4S2/c1-20-9-14-24(34-20)18-28(16-21-10-12-22(27)13-11-21)26(30)19-29(17-23-6-5-15-33-23)35(31,32)25-7-3-2-4-8-25/h2-4,7-14,23H,5-6,15-19H2,1H3. The molecule has 0 N–H and O–H groups in total. The second-order valence-corrected chi connectivity index (χ2v) is 11.9. The highest BCUT2D eigenvalue weighted by molar-refractivity contribution is 7.89. The molecule has 0 aliphatic carbocycles. The molecule has 2 aromatic carbocycles. The van der Waals surface area contributed by atoms with Crippen molar-refractivity contribution >= 4 is 27.3 Å². The highest BCUT2D eigenvalue weighted by Crippen LogP contribution is 2.22. The summed E-state index contributed by atoms with van der Waals surface area (Å²) < 4.78 is 47.3. The Kier molecular flexibility index (Phi) is 8.33. The van der Waals surface area contributed by atoms with Gasteiger partial charge in [0.15, 0.2) is 0 Å². The van der Waals surface area contributed by atoms with E-state index < -0.39 is 10.0 Å². The van der Waals surface area contributed by atoms with Crippen LogP contribution in [0.4, 0.5) is 4.39 Å². The molecule has 1 unspecified atom stereocenters. The molecular formula is C26H29FN2O4S2. The van der Waals surface area contributed by atoms with Crippen molar-refractivity contribution in [3.63, 3.8) is 0 Å². The van der Waals surface area contributed by atoms with E-state index in [1.807, 2.05) is 19.1 Å². The number of hydrogen-bond donors (Lipinski definition) is 0. The molecule has 1 aromatic heterocycles. The van der Waals surface area contributed by atoms with Gasteiger partial charge in [0.2, 0.25) is 15.9 Å². The molecule has 186 valence electrons. The first-order valence-electron chi connectivity index (χ1n) is 11.6. The summed E-state index contributed by atoms with van der Waals surface area (Å²) >= 11 is 1.59. The normalized spacial score (nSPS) is 16.0. The lowest BCUT2D eigenvalue weighted by Crippen LogP contribution is -2.45. The first-order chi connectivity index (χ1) is 16.8. The fraction of sp³-hybridized carbons (Fsp3) is 0.346. The Labute approximate surface area is 210 Å². The number of amides is 1. The number of thiophene rings is 1. The van der Waals surface area contributed by atoms with E-state index in [2.05, 4.69) is 0 Å². The lowest BCUT2D eigenvalue weighted by atomic mass is 10.2. The molecule has 1 aliphatic heterocycles. The van der Waals surface area contributed by atoms with Gasteiger partial charge in [0.25, 0.3) is 0 Å². The maximum absolute atomic E-state index is 13.6. The quantitative estimate of drug-likeness (QED) is 0.395. The average molecular weight is 517 g/mol. The number of carbonyl (C=O) groups excluding carboxylic acids is 1. The molecule has 0 saturated carbocycles. The maximum atomic E-state index is 13.6. The summed E-state index contributed by atoms with van der Waals surface area (Å²) in [5, 5.41) is 0. The molecule has 1 amide bonds. The van der Waals surface area contributed by atoms with Gasteiger partial charge >= 0.3 is 0 Å². The molecule has 1 fully saturated rings. The fourth-order valence-corrected chi connectivity index (χ4v) is 6.40. The minimum Gasteiger partial charge on any atom is -0.377 e. The van der Waals surface area contributed by atoms with Crippen molar-refractivity contribution in [2.75, 3.05) is 19.7 Å². The number of carbonyl (C=O) groups is 1. The van der Waals surface area contributed by atoms with Crippen molar-refractivity contribution in [2.45, 2.75) is 43.9 Å². The van der Waals surface area contributed by atoms with Gasteiger partial charge < -0.3 is 9.64 Å². The molecule has 1 atom stereocenters. The highest BCUT2D eigenvalue weighted by atomic mass is 32.2. The second-order valence-electron chi connectivity index (χ2n) is 8.63. The van der Waals surface area contributed by atoms with Crippen molar-refractivity contribution in [1.29, 1.82) is 0 Å². The Balaban J connectivity index is 1.59. The maximum Gasteiger partial charge on any atom is 0.243 e. The number of hydrogen-bond acceptors (Lipinski definition) is 5. The van der Waals surface area contributed by atoms with Crippen LogP contribution in [-0.4, -0.2) is 49.3 Å². The Bertz CT molecular complexity index is 1220. The summed E-state index contributed by atoms with van der Waals surface area (Å²) in [6.07, 6.45) is 1.38. The van der Waals surface area contributed by atoms with Crippen molar-refractivity contribution in [3.8, 4) is 0 Å². The van der Waals surface area contributed by atoms with Gasteiger partial charge in [-0.25, -0.2) is 12.8 Å². The smallest absolute Gasteiger partial charge is 0.243 e. The molecule has 2 heterocycles. The molecule has 3 aromatic rings. The zero-order chi connectivity index (χ0) is 24.8. The van der Waals surface area contributed by atoms with Crippen LogP contribution in [0.3, 0.4) is 0 Å². The molecule has 6 nitrogen and oxygen atoms in total. The number of nitrogens with zero attached hydrogens (tertiary/aromatic N) is 2. The summed E-state index contributed by atoms with van der Waals surface area (Å²) in [6, 6.07) is 18.1. The van der Waals surface area contributed by atoms with E-state index in [-0.39, 0.29) is 42.4 Å². The number of halogens is 1. The van der Waals surface area contributed by atoms with Crippen molar-refractivity contribution in [2.24, 2.45) is 0 Å². The highest BCUT2D eigenvalue weighted by Gasteiger charge is 2.32. The Morgan fingerprint density at radius 2 is 1.80 bits per heavy atom. The van der Waals surface area contributed by atoms with Gasteiger partial charge in [-0.2, -0.15) is 4.31 Å². The molecular weight excluding hydrogens is 487 g/mol. The van der Waals surface area contributed by atoms with Gasteiger partial charge in [-0.15, -0.1) is 11.3 Å². The lowest BCUT2D eigenvalue weighted by Gasteiger charge is -2.28. The SMILES string of the molecule is Cc1ccc(CN(Cc2ccc(F)cc2)C(=O)CN(CC2CCCO2)S(=O)(=O)c2ccccc2)s1. The van der Waals surface area contributed by atoms with Gasteiger partial charge in [-0.05, 0) is 61.7 Å². The van der Waals surface area contributed by atoms with Crippen LogP contribution in [0.2, 0.25) is 0 Å². The summed E-state index contributed by atoms with van der Waals surface area (Å²) in [5.74, 6) is -0.671. The van der Waals surface area contributed by atoms with Gasteiger partial charge in [0, 0.05) is 29.5 Å². The summed E-state index contributed by atoms with van der Waals surface area (Å²) in [4.78, 5) is 17.5. The number of ether oxygens (including phenoxy) is 1. The predicted octanol–water partition coefficient (Wildman–Crippen LogP) is 4.59. The van der Waals surface area contributed by atoms with Crippen LogP contribution in [0.25, 0.3) is 0 Å². The van der Waals surface area contributed by atoms with E-state index >= 15 is 0 Å². The third kappa shape index (κ3) is 6.76. The van der Waals surface area contributed by atoms with E-state index in [1.54, 1.807) is 46.6 Å². The number of rotatable bonds is 10. The number of sulfonamides is 1. The van der Waals surface area contributed by atoms with E-state index in [4.69, 9.17) is 4.74 Å². The largest absolute Gasteiger partial charge is 0.377 e. The van der Waals surface area contributed by atoms with Gasteiger partial charge in [0.05, 0.1) is 24.1 Å². The van der Waals surface area contributed by atoms with Crippen molar-refractivity contribution in [1.82, 2.24) is 9.21 Å². The van der Waals surface area contributed by atoms with Gasteiger partial charge in [0.1, 0.15) is 5.82 Å². The zero-order valence-corrected chi connectivity index (χ0v) is 21.2. The Hall–Kier alpha value is -2.59. The third-order valence-corrected chi connectivity index (χ3v) is 8.72. The Morgan fingerprint density at radius 1 is 1.06 bits per heavy atom. The van der Waals surface area contributed by atoms with Crippen molar-refractivity contribution in [3.05, 3.63) is 87.9 Å². The molecule has 1 aliphatic rings. The first-order valence-corrected chi connectivity index (χ1v) is 13.8. The van der Waals surface area contributed by atoms with Crippen LogP contribution in [0.1, 0.15) is 28.2 Å². The third-order valence-electron chi connectivity index (χ3n) is 5.91. The van der Waals surface area contributed by atoms with Crippen LogP contribution in [-0.2, 0) is 32.6 Å². The minimum absolute atomic E-state index is 0.117. The van der Waals surface area contributed by atoms with Crippen LogP contribution in [0, 0.1) is 12.7 Å². The van der Waals surface area contributed by atoms with Crippen molar-refractivity contribution < 1.29 is 22.3 Å². The van der Waals surface area contributed by atoms with Crippen LogP contribution in [0.15, 0.2) is 71.6 Å². The fourth-order valence-electron chi connectivity index (χ4n) is 4.06. The molecule has 35 heavy (non-hydrogen) atoms. The monoisotopic (exact) mass is 516 g/mol. The number of aryl methyl sites for hydroxylation is 1. The lowest BCUT2D eigenvalue weighted by molar-refractivity contribution is -0.132. The van der Waals surface area contributed by atoms with E-state index in [1.165, 1.54) is 28.6 Å². The van der Waals surface area contributed by atoms with Crippen LogP contribution in [0.5, 0.6) is 0 Å². The average Bonchev–Trinajstić information content (AvgIpc) is 3.51. The molecule has 4 rings (SSSR count). The molecule has 0 bridgehead atoms. The molecule has 1 saturated heterocycles. The summed E-state index contributed by atoms with van der Waals surface area (Å²) in [7, 11) is -3.91. The second kappa shape index (κ2) is 11.4. The summed E-state index contributed by atoms with van der Waals surface area (Å²) in [5.41, 5.74) is 0.768.